The summed E-state index contributed by atoms with van der Waals surface area (Å²) in [6.07, 6.45) is 4.20. The van der Waals surface area contributed by atoms with Gasteiger partial charge in [0.1, 0.15) is 17.7 Å². The predicted octanol–water partition coefficient (Wildman–Crippen LogP) is 4.76. The van der Waals surface area contributed by atoms with Crippen LogP contribution in [-0.4, -0.2) is 48.0 Å². The fourth-order valence-corrected chi connectivity index (χ4v) is 4.27. The van der Waals surface area contributed by atoms with Gasteiger partial charge in [-0.25, -0.2) is 4.39 Å². The minimum absolute atomic E-state index is 0.113. The first-order valence-electron chi connectivity index (χ1n) is 10.3. The molecule has 2 aromatic carbocycles. The van der Waals surface area contributed by atoms with Crippen LogP contribution in [0.2, 0.25) is 5.02 Å². The number of amides is 1. The molecule has 0 spiro atoms. The molecular weight excluding hydrogens is 391 g/mol. The van der Waals surface area contributed by atoms with Gasteiger partial charge in [0.15, 0.2) is 0 Å². The van der Waals surface area contributed by atoms with Crippen LogP contribution in [0, 0.1) is 5.82 Å². The minimum Gasteiger partial charge on any atom is -0.490 e. The SMILES string of the molecule is O=C(c1ccc(OC2CCN(Cc3ccc(F)cc3Cl)CC2)cc1)N1CCCC1. The zero-order valence-corrected chi connectivity index (χ0v) is 17.2. The molecule has 6 heteroatoms. The molecular formula is C23H26ClFN2O2. The molecule has 2 aromatic rings. The maximum atomic E-state index is 13.2. The quantitative estimate of drug-likeness (QED) is 0.704. The Hall–Kier alpha value is -2.11. The fourth-order valence-electron chi connectivity index (χ4n) is 4.05. The standard InChI is InChI=1S/C23H26ClFN2O2/c24-22-15-19(25)6-3-18(22)16-26-13-9-21(10-14-26)29-20-7-4-17(5-8-20)23(28)27-11-1-2-12-27/h3-8,15,21H,1-2,9-14,16H2. The monoisotopic (exact) mass is 416 g/mol. The average molecular weight is 417 g/mol. The third-order valence-electron chi connectivity index (χ3n) is 5.74. The number of carbonyl (C=O) groups excluding carboxylic acids is 1. The van der Waals surface area contributed by atoms with Gasteiger partial charge in [0.2, 0.25) is 0 Å². The molecule has 2 fully saturated rings. The van der Waals surface area contributed by atoms with Crippen LogP contribution < -0.4 is 4.74 Å². The molecule has 154 valence electrons. The Morgan fingerprint density at radius 1 is 1.03 bits per heavy atom. The van der Waals surface area contributed by atoms with E-state index < -0.39 is 0 Å². The van der Waals surface area contributed by atoms with E-state index in [0.717, 1.165) is 75.3 Å². The number of benzene rings is 2. The Balaban J connectivity index is 1.26. The maximum absolute atomic E-state index is 13.2. The summed E-state index contributed by atoms with van der Waals surface area (Å²) in [4.78, 5) is 16.7. The Morgan fingerprint density at radius 2 is 1.72 bits per heavy atom. The molecule has 0 N–H and O–H groups in total. The van der Waals surface area contributed by atoms with E-state index in [4.69, 9.17) is 16.3 Å². The number of halogens is 2. The van der Waals surface area contributed by atoms with E-state index in [1.807, 2.05) is 29.2 Å². The lowest BCUT2D eigenvalue weighted by Gasteiger charge is -2.32. The summed E-state index contributed by atoms with van der Waals surface area (Å²) >= 11 is 6.14. The molecule has 0 unspecified atom stereocenters. The van der Waals surface area contributed by atoms with Gasteiger partial charge >= 0.3 is 0 Å². The van der Waals surface area contributed by atoms with Gasteiger partial charge in [-0.15, -0.1) is 0 Å². The first-order valence-corrected chi connectivity index (χ1v) is 10.7. The molecule has 2 saturated heterocycles. The van der Waals surface area contributed by atoms with Crippen molar-refractivity contribution in [2.45, 2.75) is 38.3 Å². The van der Waals surface area contributed by atoms with Crippen LogP contribution in [0.15, 0.2) is 42.5 Å². The third-order valence-corrected chi connectivity index (χ3v) is 6.09. The molecule has 4 nitrogen and oxygen atoms in total. The average Bonchev–Trinajstić information content (AvgIpc) is 3.26. The lowest BCUT2D eigenvalue weighted by Crippen LogP contribution is -2.37. The number of piperidine rings is 1. The summed E-state index contributed by atoms with van der Waals surface area (Å²) in [7, 11) is 0. The highest BCUT2D eigenvalue weighted by Gasteiger charge is 2.22. The van der Waals surface area contributed by atoms with Crippen LogP contribution >= 0.6 is 11.6 Å². The van der Waals surface area contributed by atoms with Crippen molar-refractivity contribution in [3.05, 3.63) is 64.4 Å². The smallest absolute Gasteiger partial charge is 0.253 e. The molecule has 2 aliphatic heterocycles. The summed E-state index contributed by atoms with van der Waals surface area (Å²) < 4.78 is 19.3. The molecule has 0 bridgehead atoms. The van der Waals surface area contributed by atoms with Gasteiger partial charge in [-0.1, -0.05) is 17.7 Å². The highest BCUT2D eigenvalue weighted by molar-refractivity contribution is 6.31. The zero-order valence-electron chi connectivity index (χ0n) is 16.4. The van der Waals surface area contributed by atoms with Crippen molar-refractivity contribution in [2.75, 3.05) is 26.2 Å². The summed E-state index contributed by atoms with van der Waals surface area (Å²) in [6.45, 7) is 4.25. The van der Waals surface area contributed by atoms with E-state index in [2.05, 4.69) is 4.90 Å². The van der Waals surface area contributed by atoms with E-state index in [-0.39, 0.29) is 17.8 Å². The summed E-state index contributed by atoms with van der Waals surface area (Å²) in [6, 6.07) is 12.1. The number of carbonyl (C=O) groups is 1. The number of ether oxygens (including phenoxy) is 1. The molecule has 1 amide bonds. The second-order valence-corrected chi connectivity index (χ2v) is 8.26. The normalized spacial score (nSPS) is 18.2. The van der Waals surface area contributed by atoms with Crippen LogP contribution in [-0.2, 0) is 6.54 Å². The summed E-state index contributed by atoms with van der Waals surface area (Å²) in [5.74, 6) is 0.615. The van der Waals surface area contributed by atoms with Gasteiger partial charge in [-0.2, -0.15) is 0 Å². The molecule has 0 aromatic heterocycles. The van der Waals surface area contributed by atoms with Crippen molar-refractivity contribution in [1.82, 2.24) is 9.80 Å². The zero-order chi connectivity index (χ0) is 20.2. The predicted molar refractivity (Wildman–Crippen MR) is 112 cm³/mol. The van der Waals surface area contributed by atoms with Crippen LogP contribution in [0.4, 0.5) is 4.39 Å². The molecule has 2 aliphatic rings. The van der Waals surface area contributed by atoms with Crippen molar-refractivity contribution in [3.63, 3.8) is 0 Å². The Bertz CT molecular complexity index is 844. The molecule has 29 heavy (non-hydrogen) atoms. The molecule has 0 saturated carbocycles. The number of rotatable bonds is 5. The van der Waals surface area contributed by atoms with Gasteiger partial charge in [0, 0.05) is 43.3 Å². The van der Waals surface area contributed by atoms with E-state index in [0.29, 0.717) is 5.02 Å². The minimum atomic E-state index is -0.306. The van der Waals surface area contributed by atoms with Crippen molar-refractivity contribution in [2.24, 2.45) is 0 Å². The number of nitrogens with zero attached hydrogens (tertiary/aromatic N) is 2. The van der Waals surface area contributed by atoms with Gasteiger partial charge in [0.25, 0.3) is 5.91 Å². The Morgan fingerprint density at radius 3 is 2.38 bits per heavy atom. The van der Waals surface area contributed by atoms with Crippen LogP contribution in [0.5, 0.6) is 5.75 Å². The van der Waals surface area contributed by atoms with Gasteiger partial charge in [0.05, 0.1) is 0 Å². The summed E-state index contributed by atoms with van der Waals surface area (Å²) in [5, 5.41) is 0.479. The topological polar surface area (TPSA) is 32.8 Å². The molecule has 0 atom stereocenters. The van der Waals surface area contributed by atoms with Crippen LogP contribution in [0.1, 0.15) is 41.6 Å². The van der Waals surface area contributed by atoms with Gasteiger partial charge < -0.3 is 9.64 Å². The van der Waals surface area contributed by atoms with Gasteiger partial charge in [-0.3, -0.25) is 9.69 Å². The van der Waals surface area contributed by atoms with Crippen LogP contribution in [0.3, 0.4) is 0 Å². The lowest BCUT2D eigenvalue weighted by atomic mass is 10.1. The van der Waals surface area contributed by atoms with E-state index in [1.165, 1.54) is 12.1 Å². The Kier molecular flexibility index (Phi) is 6.36. The molecule has 0 radical (unpaired) electrons. The van der Waals surface area contributed by atoms with Gasteiger partial charge in [-0.05, 0) is 67.6 Å². The second kappa shape index (κ2) is 9.14. The molecule has 4 rings (SSSR count). The maximum Gasteiger partial charge on any atom is 0.253 e. The van der Waals surface area contributed by atoms with E-state index >= 15 is 0 Å². The highest BCUT2D eigenvalue weighted by atomic mass is 35.5. The molecule has 2 heterocycles. The fraction of sp³-hybridized carbons (Fsp3) is 0.435. The van der Waals surface area contributed by atoms with Crippen LogP contribution in [0.25, 0.3) is 0 Å². The van der Waals surface area contributed by atoms with Crippen molar-refractivity contribution in [1.29, 1.82) is 0 Å². The molecule has 0 aliphatic carbocycles. The van der Waals surface area contributed by atoms with Crippen molar-refractivity contribution in [3.8, 4) is 5.75 Å². The number of hydrogen-bond donors (Lipinski definition) is 0. The third kappa shape index (κ3) is 5.09. The number of hydrogen-bond acceptors (Lipinski definition) is 3. The first-order chi connectivity index (χ1) is 14.1. The Labute approximate surface area is 176 Å². The summed E-state index contributed by atoms with van der Waals surface area (Å²) in [5.41, 5.74) is 1.68. The van der Waals surface area contributed by atoms with Crippen molar-refractivity contribution < 1.29 is 13.9 Å². The highest BCUT2D eigenvalue weighted by Crippen LogP contribution is 2.24. The number of likely N-dealkylation sites (tertiary alicyclic amines) is 2. The first kappa shape index (κ1) is 20.2. The van der Waals surface area contributed by atoms with E-state index in [9.17, 15) is 9.18 Å². The van der Waals surface area contributed by atoms with Crippen molar-refractivity contribution >= 4 is 17.5 Å². The largest absolute Gasteiger partial charge is 0.490 e. The van der Waals surface area contributed by atoms with E-state index in [1.54, 1.807) is 6.07 Å². The lowest BCUT2D eigenvalue weighted by molar-refractivity contribution is 0.0792. The second-order valence-electron chi connectivity index (χ2n) is 7.85.